The maximum absolute atomic E-state index is 14.9. The summed E-state index contributed by atoms with van der Waals surface area (Å²) < 4.78 is 35.6. The molecule has 9 nitrogen and oxygen atoms in total. The summed E-state index contributed by atoms with van der Waals surface area (Å²) in [7, 11) is 0. The van der Waals surface area contributed by atoms with Crippen LogP contribution in [0.1, 0.15) is 30.8 Å². The standard InChI is InChI=1S/C31H24FN5O4S/c1-2-14-39-23-13-12-19(15-22(23)32)28-20(17-36(34-28)21-8-4-3-5-9-21)16-27-30(38)37-31(42-27)33-29(35-37)26-18-40-24-10-6-7-11-25(24)41-26/h3-13,15-17,26H,2,14,18H2,1H3. The molecule has 0 radical (unpaired) electrons. The zero-order chi connectivity index (χ0) is 28.6. The van der Waals surface area contributed by atoms with Crippen LogP contribution in [0.3, 0.4) is 0 Å². The maximum Gasteiger partial charge on any atom is 0.291 e. The van der Waals surface area contributed by atoms with Crippen molar-refractivity contribution in [2.24, 2.45) is 0 Å². The maximum atomic E-state index is 14.9. The lowest BCUT2D eigenvalue weighted by molar-refractivity contribution is 0.0852. The van der Waals surface area contributed by atoms with Crippen molar-refractivity contribution >= 4 is 22.4 Å². The van der Waals surface area contributed by atoms with E-state index in [0.717, 1.165) is 12.1 Å². The smallest absolute Gasteiger partial charge is 0.291 e. The fraction of sp³-hybridized carbons (Fsp3) is 0.161. The van der Waals surface area contributed by atoms with E-state index in [2.05, 4.69) is 10.1 Å². The SMILES string of the molecule is CCCOc1ccc(-c2nn(-c3ccccc3)cc2C=c2sc3nc(C4COc5ccccc5O4)nn3c2=O)cc1F. The van der Waals surface area contributed by atoms with Crippen molar-refractivity contribution in [2.75, 3.05) is 13.2 Å². The van der Waals surface area contributed by atoms with Crippen LogP contribution in [0, 0.1) is 5.82 Å². The number of rotatable bonds is 7. The van der Waals surface area contributed by atoms with E-state index in [4.69, 9.17) is 19.3 Å². The van der Waals surface area contributed by atoms with Gasteiger partial charge in [-0.3, -0.25) is 4.79 Å². The van der Waals surface area contributed by atoms with Crippen molar-refractivity contribution in [3.63, 3.8) is 0 Å². The number of thiazole rings is 1. The van der Waals surface area contributed by atoms with E-state index in [1.165, 1.54) is 21.9 Å². The summed E-state index contributed by atoms with van der Waals surface area (Å²) in [4.78, 5) is 18.4. The Labute approximate surface area is 243 Å². The van der Waals surface area contributed by atoms with E-state index in [0.29, 0.717) is 50.2 Å². The van der Waals surface area contributed by atoms with Crippen LogP contribution in [0.2, 0.25) is 0 Å². The highest BCUT2D eigenvalue weighted by Crippen LogP contribution is 2.35. The number of para-hydroxylation sites is 3. The predicted molar refractivity (Wildman–Crippen MR) is 156 cm³/mol. The van der Waals surface area contributed by atoms with Gasteiger partial charge in [0, 0.05) is 17.3 Å². The molecule has 1 aliphatic heterocycles. The topological polar surface area (TPSA) is 92.8 Å². The van der Waals surface area contributed by atoms with Gasteiger partial charge >= 0.3 is 0 Å². The largest absolute Gasteiger partial charge is 0.491 e. The van der Waals surface area contributed by atoms with Gasteiger partial charge in [-0.1, -0.05) is 48.6 Å². The van der Waals surface area contributed by atoms with Crippen molar-refractivity contribution in [3.05, 3.63) is 111 Å². The molecule has 6 aromatic rings. The summed E-state index contributed by atoms with van der Waals surface area (Å²) in [5, 5.41) is 9.20. The van der Waals surface area contributed by atoms with Gasteiger partial charge in [-0.2, -0.15) is 14.6 Å². The number of aromatic nitrogens is 5. The van der Waals surface area contributed by atoms with Crippen LogP contribution in [-0.4, -0.2) is 37.6 Å². The molecular formula is C31H24FN5O4S. The molecule has 3 aromatic carbocycles. The molecule has 0 fully saturated rings. The highest BCUT2D eigenvalue weighted by Gasteiger charge is 2.27. The van der Waals surface area contributed by atoms with Gasteiger partial charge in [0.1, 0.15) is 12.3 Å². The molecule has 0 aliphatic carbocycles. The predicted octanol–water partition coefficient (Wildman–Crippen LogP) is 4.99. The summed E-state index contributed by atoms with van der Waals surface area (Å²) in [5.74, 6) is 1.35. The summed E-state index contributed by atoms with van der Waals surface area (Å²) in [6, 6.07) is 21.7. The minimum atomic E-state index is -0.534. The van der Waals surface area contributed by atoms with E-state index in [1.54, 1.807) is 22.9 Å². The van der Waals surface area contributed by atoms with E-state index in [1.807, 2.05) is 67.7 Å². The van der Waals surface area contributed by atoms with Crippen LogP contribution in [0.4, 0.5) is 4.39 Å². The normalized spacial score (nSPS) is 14.9. The second kappa shape index (κ2) is 10.7. The molecule has 1 aliphatic rings. The van der Waals surface area contributed by atoms with Crippen LogP contribution in [0.5, 0.6) is 17.2 Å². The third-order valence-electron chi connectivity index (χ3n) is 6.71. The lowest BCUT2D eigenvalue weighted by atomic mass is 10.1. The average molecular weight is 582 g/mol. The Morgan fingerprint density at radius 2 is 1.88 bits per heavy atom. The lowest BCUT2D eigenvalue weighted by Gasteiger charge is -2.24. The van der Waals surface area contributed by atoms with E-state index >= 15 is 0 Å². The van der Waals surface area contributed by atoms with Gasteiger partial charge in [0.15, 0.2) is 35.0 Å². The van der Waals surface area contributed by atoms with Crippen molar-refractivity contribution in [1.82, 2.24) is 24.4 Å². The van der Waals surface area contributed by atoms with Gasteiger partial charge in [-0.15, -0.1) is 5.10 Å². The van der Waals surface area contributed by atoms with Crippen LogP contribution in [0.15, 0.2) is 83.8 Å². The first kappa shape index (κ1) is 25.9. The molecule has 0 amide bonds. The molecular weight excluding hydrogens is 557 g/mol. The Balaban J connectivity index is 1.27. The highest BCUT2D eigenvalue weighted by molar-refractivity contribution is 7.15. The molecule has 4 heterocycles. The fourth-order valence-electron chi connectivity index (χ4n) is 4.68. The minimum absolute atomic E-state index is 0.188. The number of halogens is 1. The number of nitrogens with zero attached hydrogens (tertiary/aromatic N) is 5. The number of fused-ring (bicyclic) bond motifs is 2. The molecule has 0 saturated heterocycles. The Hall–Kier alpha value is -5.03. The summed E-state index contributed by atoms with van der Waals surface area (Å²) in [5.41, 5.74) is 2.22. The highest BCUT2D eigenvalue weighted by atomic mass is 32.1. The summed E-state index contributed by atoms with van der Waals surface area (Å²) in [6.45, 7) is 2.63. The van der Waals surface area contributed by atoms with Crippen LogP contribution in [-0.2, 0) is 0 Å². The molecule has 1 unspecified atom stereocenters. The first-order valence-electron chi connectivity index (χ1n) is 13.4. The number of ether oxygens (including phenoxy) is 3. The van der Waals surface area contributed by atoms with Gasteiger partial charge in [0.25, 0.3) is 5.56 Å². The van der Waals surface area contributed by atoms with E-state index in [-0.39, 0.29) is 17.9 Å². The summed E-state index contributed by atoms with van der Waals surface area (Å²) >= 11 is 1.21. The molecule has 0 saturated carbocycles. The zero-order valence-corrected chi connectivity index (χ0v) is 23.3. The molecule has 0 N–H and O–H groups in total. The van der Waals surface area contributed by atoms with Crippen molar-refractivity contribution in [3.8, 4) is 34.2 Å². The molecule has 42 heavy (non-hydrogen) atoms. The van der Waals surface area contributed by atoms with Gasteiger partial charge in [-0.05, 0) is 55.0 Å². The second-order valence-corrected chi connectivity index (χ2v) is 10.7. The Bertz CT molecular complexity index is 2020. The molecule has 0 spiro atoms. The van der Waals surface area contributed by atoms with Gasteiger partial charge < -0.3 is 14.2 Å². The molecule has 7 rings (SSSR count). The molecule has 3 aromatic heterocycles. The fourth-order valence-corrected chi connectivity index (χ4v) is 5.59. The van der Waals surface area contributed by atoms with Gasteiger partial charge in [0.2, 0.25) is 4.96 Å². The van der Waals surface area contributed by atoms with Crippen LogP contribution in [0.25, 0.3) is 28.0 Å². The van der Waals surface area contributed by atoms with Crippen LogP contribution < -0.4 is 24.3 Å². The third-order valence-corrected chi connectivity index (χ3v) is 7.67. The monoisotopic (exact) mass is 581 g/mol. The van der Waals surface area contributed by atoms with E-state index < -0.39 is 11.9 Å². The molecule has 0 bridgehead atoms. The minimum Gasteiger partial charge on any atom is -0.491 e. The van der Waals surface area contributed by atoms with Gasteiger partial charge in [0.05, 0.1) is 16.8 Å². The zero-order valence-electron chi connectivity index (χ0n) is 22.4. The average Bonchev–Trinajstić information content (AvgIpc) is 3.71. The quantitative estimate of drug-likeness (QED) is 0.262. The third kappa shape index (κ3) is 4.77. The number of hydrogen-bond acceptors (Lipinski definition) is 8. The molecule has 11 heteroatoms. The first-order chi connectivity index (χ1) is 20.6. The van der Waals surface area contributed by atoms with Crippen LogP contribution >= 0.6 is 11.3 Å². The molecule has 210 valence electrons. The van der Waals surface area contributed by atoms with Gasteiger partial charge in [-0.25, -0.2) is 9.07 Å². The summed E-state index contributed by atoms with van der Waals surface area (Å²) in [6.07, 6.45) is 3.79. The second-order valence-electron chi connectivity index (χ2n) is 9.65. The lowest BCUT2D eigenvalue weighted by Crippen LogP contribution is -2.26. The Morgan fingerprint density at radius 3 is 2.67 bits per heavy atom. The molecule has 1 atom stereocenters. The first-order valence-corrected chi connectivity index (χ1v) is 14.3. The Kier molecular flexibility index (Phi) is 6.63. The number of hydrogen-bond donors (Lipinski definition) is 0. The van der Waals surface area contributed by atoms with E-state index in [9.17, 15) is 9.18 Å². The van der Waals surface area contributed by atoms with Crippen molar-refractivity contribution < 1.29 is 18.6 Å². The Morgan fingerprint density at radius 1 is 1.07 bits per heavy atom. The number of benzene rings is 3. The van der Waals surface area contributed by atoms with Crippen molar-refractivity contribution in [2.45, 2.75) is 19.4 Å². The van der Waals surface area contributed by atoms with Crippen molar-refractivity contribution in [1.29, 1.82) is 0 Å².